The second-order valence-electron chi connectivity index (χ2n) is 6.11. The normalized spacial score (nSPS) is 17.9. The van der Waals surface area contributed by atoms with Gasteiger partial charge in [-0.25, -0.2) is 4.79 Å². The van der Waals surface area contributed by atoms with Gasteiger partial charge >= 0.3 is 5.97 Å². The number of amides is 1. The SMILES string of the molecule is CC1(C)CCCN(C(=O)c2ncccc2/C=C/C(=O)O)C1. The van der Waals surface area contributed by atoms with Crippen molar-refractivity contribution in [3.63, 3.8) is 0 Å². The number of piperidine rings is 1. The molecule has 2 heterocycles. The minimum Gasteiger partial charge on any atom is -0.478 e. The molecule has 0 radical (unpaired) electrons. The molecule has 0 saturated carbocycles. The van der Waals surface area contributed by atoms with Crippen LogP contribution in [0.1, 0.15) is 42.7 Å². The fourth-order valence-electron chi connectivity index (χ4n) is 2.64. The molecule has 112 valence electrons. The average molecular weight is 288 g/mol. The summed E-state index contributed by atoms with van der Waals surface area (Å²) in [5, 5.41) is 8.72. The maximum Gasteiger partial charge on any atom is 0.328 e. The van der Waals surface area contributed by atoms with Crippen molar-refractivity contribution in [3.8, 4) is 0 Å². The zero-order chi connectivity index (χ0) is 15.5. The van der Waals surface area contributed by atoms with E-state index in [1.54, 1.807) is 18.3 Å². The van der Waals surface area contributed by atoms with Crippen LogP contribution in [0.3, 0.4) is 0 Å². The molecule has 21 heavy (non-hydrogen) atoms. The fourth-order valence-corrected chi connectivity index (χ4v) is 2.64. The number of nitrogens with zero attached hydrogens (tertiary/aromatic N) is 2. The lowest BCUT2D eigenvalue weighted by Crippen LogP contribution is -2.44. The smallest absolute Gasteiger partial charge is 0.328 e. The number of carbonyl (C=O) groups is 2. The van der Waals surface area contributed by atoms with Gasteiger partial charge in [-0.05, 0) is 30.4 Å². The van der Waals surface area contributed by atoms with Crippen molar-refractivity contribution < 1.29 is 14.7 Å². The van der Waals surface area contributed by atoms with Crippen molar-refractivity contribution in [2.45, 2.75) is 26.7 Å². The van der Waals surface area contributed by atoms with Gasteiger partial charge in [0.1, 0.15) is 5.69 Å². The van der Waals surface area contributed by atoms with Crippen LogP contribution in [-0.2, 0) is 4.79 Å². The molecule has 0 atom stereocenters. The van der Waals surface area contributed by atoms with Crippen molar-refractivity contribution in [1.29, 1.82) is 0 Å². The lowest BCUT2D eigenvalue weighted by atomic mass is 9.84. The van der Waals surface area contributed by atoms with Crippen LogP contribution < -0.4 is 0 Å². The molecule has 0 aliphatic carbocycles. The summed E-state index contributed by atoms with van der Waals surface area (Å²) in [6, 6.07) is 3.40. The van der Waals surface area contributed by atoms with Gasteiger partial charge in [0.15, 0.2) is 0 Å². The van der Waals surface area contributed by atoms with Crippen molar-refractivity contribution in [2.75, 3.05) is 13.1 Å². The largest absolute Gasteiger partial charge is 0.478 e. The van der Waals surface area contributed by atoms with Gasteiger partial charge in [0.2, 0.25) is 0 Å². The van der Waals surface area contributed by atoms with Crippen molar-refractivity contribution in [1.82, 2.24) is 9.88 Å². The molecule has 1 aliphatic rings. The topological polar surface area (TPSA) is 70.5 Å². The molecule has 1 aromatic heterocycles. The Bertz CT molecular complexity index is 579. The van der Waals surface area contributed by atoms with Crippen LogP contribution in [-0.4, -0.2) is 40.0 Å². The maximum atomic E-state index is 12.6. The van der Waals surface area contributed by atoms with Crippen LogP contribution in [0.15, 0.2) is 24.4 Å². The molecule has 1 aromatic rings. The Balaban J connectivity index is 2.25. The van der Waals surface area contributed by atoms with E-state index in [-0.39, 0.29) is 11.3 Å². The summed E-state index contributed by atoms with van der Waals surface area (Å²) in [4.78, 5) is 29.2. The van der Waals surface area contributed by atoms with Crippen molar-refractivity contribution in [2.24, 2.45) is 5.41 Å². The highest BCUT2D eigenvalue weighted by Gasteiger charge is 2.30. The fraction of sp³-hybridized carbons (Fsp3) is 0.438. The van der Waals surface area contributed by atoms with Gasteiger partial charge < -0.3 is 10.0 Å². The second-order valence-corrected chi connectivity index (χ2v) is 6.11. The van der Waals surface area contributed by atoms with Crippen LogP contribution in [0, 0.1) is 5.41 Å². The number of carbonyl (C=O) groups excluding carboxylic acids is 1. The first kappa shape index (κ1) is 15.2. The Kier molecular flexibility index (Phi) is 4.40. The molecule has 0 spiro atoms. The molecule has 1 fully saturated rings. The van der Waals surface area contributed by atoms with Gasteiger partial charge in [-0.3, -0.25) is 9.78 Å². The molecule has 5 heteroatoms. The Morgan fingerprint density at radius 1 is 1.43 bits per heavy atom. The van der Waals surface area contributed by atoms with E-state index in [9.17, 15) is 9.59 Å². The maximum absolute atomic E-state index is 12.6. The first-order valence-electron chi connectivity index (χ1n) is 7.04. The molecule has 2 rings (SSSR count). The van der Waals surface area contributed by atoms with Crippen LogP contribution in [0.25, 0.3) is 6.08 Å². The summed E-state index contributed by atoms with van der Waals surface area (Å²) in [5.41, 5.74) is 0.959. The van der Waals surface area contributed by atoms with E-state index in [0.717, 1.165) is 25.5 Å². The Labute approximate surface area is 124 Å². The highest BCUT2D eigenvalue weighted by Crippen LogP contribution is 2.29. The zero-order valence-corrected chi connectivity index (χ0v) is 12.4. The number of aliphatic carboxylic acids is 1. The number of rotatable bonds is 3. The molecule has 0 unspecified atom stereocenters. The summed E-state index contributed by atoms with van der Waals surface area (Å²) in [5.74, 6) is -1.18. The van der Waals surface area contributed by atoms with Crippen LogP contribution in [0.5, 0.6) is 0 Å². The standard InChI is InChI=1S/C16H20N2O3/c1-16(2)8-4-10-18(11-16)15(21)14-12(5-3-9-17-14)6-7-13(19)20/h3,5-7,9H,4,8,10-11H2,1-2H3,(H,19,20)/b7-6+. The highest BCUT2D eigenvalue weighted by atomic mass is 16.4. The first-order chi connectivity index (χ1) is 9.89. The first-order valence-corrected chi connectivity index (χ1v) is 7.04. The number of pyridine rings is 1. The van der Waals surface area contributed by atoms with E-state index in [1.165, 1.54) is 6.08 Å². The molecular weight excluding hydrogens is 268 g/mol. The molecule has 0 aromatic carbocycles. The number of likely N-dealkylation sites (tertiary alicyclic amines) is 1. The molecular formula is C16H20N2O3. The Hall–Kier alpha value is -2.17. The summed E-state index contributed by atoms with van der Waals surface area (Å²) in [7, 11) is 0. The molecule has 1 aliphatic heterocycles. The number of hydrogen-bond acceptors (Lipinski definition) is 3. The van der Waals surface area contributed by atoms with Gasteiger partial charge in [-0.2, -0.15) is 0 Å². The van der Waals surface area contributed by atoms with E-state index in [4.69, 9.17) is 5.11 Å². The third kappa shape index (κ3) is 3.90. The molecule has 0 bridgehead atoms. The average Bonchev–Trinajstić information content (AvgIpc) is 2.43. The van der Waals surface area contributed by atoms with Crippen molar-refractivity contribution in [3.05, 3.63) is 35.7 Å². The monoisotopic (exact) mass is 288 g/mol. The third-order valence-electron chi connectivity index (χ3n) is 3.63. The summed E-state index contributed by atoms with van der Waals surface area (Å²) in [6.07, 6.45) is 6.07. The number of carboxylic acids is 1. The Morgan fingerprint density at radius 2 is 2.19 bits per heavy atom. The van der Waals surface area contributed by atoms with Crippen LogP contribution in [0.2, 0.25) is 0 Å². The van der Waals surface area contributed by atoms with Gasteiger partial charge in [0, 0.05) is 30.9 Å². The van der Waals surface area contributed by atoms with E-state index in [0.29, 0.717) is 17.8 Å². The molecule has 1 amide bonds. The Morgan fingerprint density at radius 3 is 2.86 bits per heavy atom. The van der Waals surface area contributed by atoms with Gasteiger partial charge in [-0.1, -0.05) is 19.9 Å². The minimum atomic E-state index is -1.05. The van der Waals surface area contributed by atoms with Crippen LogP contribution >= 0.6 is 0 Å². The van der Waals surface area contributed by atoms with E-state index < -0.39 is 5.97 Å². The molecule has 5 nitrogen and oxygen atoms in total. The van der Waals surface area contributed by atoms with E-state index in [1.807, 2.05) is 4.90 Å². The number of hydrogen-bond donors (Lipinski definition) is 1. The second kappa shape index (κ2) is 6.08. The van der Waals surface area contributed by atoms with Crippen molar-refractivity contribution >= 4 is 18.0 Å². The van der Waals surface area contributed by atoms with Gasteiger partial charge in [0.05, 0.1) is 0 Å². The van der Waals surface area contributed by atoms with E-state index in [2.05, 4.69) is 18.8 Å². The number of aromatic nitrogens is 1. The zero-order valence-electron chi connectivity index (χ0n) is 12.4. The summed E-state index contributed by atoms with van der Waals surface area (Å²) >= 11 is 0. The van der Waals surface area contributed by atoms with Gasteiger partial charge in [-0.15, -0.1) is 0 Å². The predicted molar refractivity (Wildman–Crippen MR) is 79.8 cm³/mol. The van der Waals surface area contributed by atoms with Gasteiger partial charge in [0.25, 0.3) is 5.91 Å². The lowest BCUT2D eigenvalue weighted by molar-refractivity contribution is -0.131. The number of carboxylic acid groups (broad SMARTS) is 1. The quantitative estimate of drug-likeness (QED) is 0.867. The lowest BCUT2D eigenvalue weighted by Gasteiger charge is -2.38. The molecule has 1 saturated heterocycles. The summed E-state index contributed by atoms with van der Waals surface area (Å²) in [6.45, 7) is 5.72. The highest BCUT2D eigenvalue weighted by molar-refractivity contribution is 5.97. The molecule has 1 N–H and O–H groups in total. The van der Waals surface area contributed by atoms with Crippen LogP contribution in [0.4, 0.5) is 0 Å². The summed E-state index contributed by atoms with van der Waals surface area (Å²) < 4.78 is 0. The minimum absolute atomic E-state index is 0.111. The predicted octanol–water partition coefficient (Wildman–Crippen LogP) is 2.44. The third-order valence-corrected chi connectivity index (χ3v) is 3.63. The van der Waals surface area contributed by atoms with E-state index >= 15 is 0 Å².